The van der Waals surface area contributed by atoms with Gasteiger partial charge < -0.3 is 15.3 Å². The number of nitrogens with zero attached hydrogens (tertiary/aromatic N) is 4. The van der Waals surface area contributed by atoms with E-state index in [0.29, 0.717) is 25.3 Å². The largest absolute Gasteiger partial charge is 0.481 e. The second-order valence-corrected chi connectivity index (χ2v) is 4.87. The van der Waals surface area contributed by atoms with Gasteiger partial charge in [-0.25, -0.2) is 4.79 Å². The van der Waals surface area contributed by atoms with E-state index < -0.39 is 5.97 Å². The molecule has 3 N–H and O–H groups in total. The normalized spacial score (nSPS) is 18.8. The van der Waals surface area contributed by atoms with Crippen molar-refractivity contribution in [2.24, 2.45) is 5.92 Å². The lowest BCUT2D eigenvalue weighted by molar-refractivity contribution is -0.137. The fourth-order valence-electron chi connectivity index (χ4n) is 2.34. The molecule has 20 heavy (non-hydrogen) atoms. The van der Waals surface area contributed by atoms with Crippen molar-refractivity contribution < 1.29 is 14.7 Å². The molecule has 2 amide bonds. The van der Waals surface area contributed by atoms with Crippen LogP contribution in [0.4, 0.5) is 4.79 Å². The molecule has 0 bridgehead atoms. The number of rotatable bonds is 5. The maximum atomic E-state index is 12.0. The Morgan fingerprint density at radius 1 is 1.50 bits per heavy atom. The van der Waals surface area contributed by atoms with Crippen LogP contribution in [0.3, 0.4) is 0 Å². The summed E-state index contributed by atoms with van der Waals surface area (Å²) in [5.41, 5.74) is 0. The first-order chi connectivity index (χ1) is 9.65. The Kier molecular flexibility index (Phi) is 4.85. The third kappa shape index (κ3) is 4.18. The number of aromatic nitrogens is 4. The second-order valence-electron chi connectivity index (χ2n) is 4.87. The molecule has 0 aromatic carbocycles. The van der Waals surface area contributed by atoms with Gasteiger partial charge in [-0.15, -0.1) is 10.2 Å². The predicted molar refractivity (Wildman–Crippen MR) is 67.6 cm³/mol. The van der Waals surface area contributed by atoms with E-state index in [2.05, 4.69) is 25.9 Å². The van der Waals surface area contributed by atoms with Crippen molar-refractivity contribution >= 4 is 12.0 Å². The van der Waals surface area contributed by atoms with Gasteiger partial charge in [-0.05, 0) is 25.2 Å². The van der Waals surface area contributed by atoms with Crippen molar-refractivity contribution in [2.75, 3.05) is 13.1 Å². The highest BCUT2D eigenvalue weighted by Crippen LogP contribution is 2.20. The van der Waals surface area contributed by atoms with Crippen LogP contribution >= 0.6 is 0 Å². The predicted octanol–water partition coefficient (Wildman–Crippen LogP) is -0.0139. The topological polar surface area (TPSA) is 124 Å². The third-order valence-electron chi connectivity index (χ3n) is 3.36. The molecular formula is C11H18N6O3. The first-order valence-electron chi connectivity index (χ1n) is 6.62. The van der Waals surface area contributed by atoms with Gasteiger partial charge in [0.25, 0.3) is 0 Å². The van der Waals surface area contributed by atoms with Gasteiger partial charge in [0.1, 0.15) is 0 Å². The highest BCUT2D eigenvalue weighted by atomic mass is 16.4. The molecule has 0 spiro atoms. The highest BCUT2D eigenvalue weighted by molar-refractivity contribution is 5.74. The van der Waals surface area contributed by atoms with Crippen LogP contribution in [0.1, 0.15) is 31.5 Å². The zero-order chi connectivity index (χ0) is 14.4. The summed E-state index contributed by atoms with van der Waals surface area (Å²) < 4.78 is 0. The quantitative estimate of drug-likeness (QED) is 0.697. The average Bonchev–Trinajstić information content (AvgIpc) is 2.96. The van der Waals surface area contributed by atoms with Gasteiger partial charge in [0.05, 0.1) is 6.54 Å². The third-order valence-corrected chi connectivity index (χ3v) is 3.36. The molecule has 1 aliphatic rings. The van der Waals surface area contributed by atoms with Crippen molar-refractivity contribution in [1.82, 2.24) is 30.8 Å². The molecule has 1 atom stereocenters. The number of carboxylic acid groups (broad SMARTS) is 1. The molecule has 1 saturated heterocycles. The number of H-pyrrole nitrogens is 1. The number of hydrogen-bond donors (Lipinski definition) is 3. The Bertz CT molecular complexity index is 449. The molecule has 1 aliphatic heterocycles. The number of tetrazole rings is 1. The molecule has 2 heterocycles. The number of nitrogens with one attached hydrogen (secondary N) is 2. The monoisotopic (exact) mass is 282 g/mol. The van der Waals surface area contributed by atoms with Crippen LogP contribution in [0.2, 0.25) is 0 Å². The maximum Gasteiger partial charge on any atom is 0.317 e. The molecular weight excluding hydrogens is 264 g/mol. The molecule has 110 valence electrons. The van der Waals surface area contributed by atoms with E-state index in [-0.39, 0.29) is 24.9 Å². The number of carboxylic acids is 1. The Hall–Kier alpha value is -2.19. The first-order valence-corrected chi connectivity index (χ1v) is 6.62. The van der Waals surface area contributed by atoms with E-state index in [1.165, 1.54) is 0 Å². The summed E-state index contributed by atoms with van der Waals surface area (Å²) in [7, 11) is 0. The maximum absolute atomic E-state index is 12.0. The van der Waals surface area contributed by atoms with Crippen LogP contribution in [0.5, 0.6) is 0 Å². The van der Waals surface area contributed by atoms with E-state index >= 15 is 0 Å². The molecule has 9 heteroatoms. The first kappa shape index (κ1) is 14.2. The Morgan fingerprint density at radius 3 is 3.05 bits per heavy atom. The number of carbonyl (C=O) groups is 2. The summed E-state index contributed by atoms with van der Waals surface area (Å²) >= 11 is 0. The number of aromatic amines is 1. The number of likely N-dealkylation sites (tertiary alicyclic amines) is 1. The number of urea groups is 1. The van der Waals surface area contributed by atoms with Gasteiger partial charge in [-0.2, -0.15) is 5.21 Å². The van der Waals surface area contributed by atoms with Crippen LogP contribution in [0.15, 0.2) is 0 Å². The minimum absolute atomic E-state index is 0.156. The van der Waals surface area contributed by atoms with E-state index in [1.807, 2.05) is 0 Å². The second kappa shape index (κ2) is 6.83. The van der Waals surface area contributed by atoms with Gasteiger partial charge in [0, 0.05) is 19.5 Å². The molecule has 9 nitrogen and oxygen atoms in total. The minimum atomic E-state index is -0.788. The molecule has 0 radical (unpaired) electrons. The van der Waals surface area contributed by atoms with Crippen LogP contribution < -0.4 is 5.32 Å². The SMILES string of the molecule is O=C(O)CCC1CCCN(C(=O)NCc2nn[nH]n2)C1. The van der Waals surface area contributed by atoms with E-state index in [0.717, 1.165) is 12.8 Å². The Labute approximate surface area is 115 Å². The van der Waals surface area contributed by atoms with E-state index in [9.17, 15) is 9.59 Å². The number of aliphatic carboxylic acids is 1. The zero-order valence-corrected chi connectivity index (χ0v) is 11.1. The zero-order valence-electron chi connectivity index (χ0n) is 11.1. The summed E-state index contributed by atoms with van der Waals surface area (Å²) in [4.78, 5) is 24.3. The molecule has 1 unspecified atom stereocenters. The molecule has 1 fully saturated rings. The van der Waals surface area contributed by atoms with Crippen molar-refractivity contribution in [3.63, 3.8) is 0 Å². The number of carbonyl (C=O) groups excluding carboxylic acids is 1. The molecule has 1 aromatic rings. The van der Waals surface area contributed by atoms with E-state index in [1.54, 1.807) is 4.90 Å². The van der Waals surface area contributed by atoms with Crippen molar-refractivity contribution in [3.8, 4) is 0 Å². The van der Waals surface area contributed by atoms with Gasteiger partial charge in [-0.1, -0.05) is 5.21 Å². The lowest BCUT2D eigenvalue weighted by Crippen LogP contribution is -2.45. The van der Waals surface area contributed by atoms with Crippen LogP contribution in [-0.4, -0.2) is 55.7 Å². The van der Waals surface area contributed by atoms with Crippen molar-refractivity contribution in [2.45, 2.75) is 32.2 Å². The van der Waals surface area contributed by atoms with Gasteiger partial charge in [-0.3, -0.25) is 4.79 Å². The fraction of sp³-hybridized carbons (Fsp3) is 0.727. The standard InChI is InChI=1S/C11H18N6O3/c18-10(19)4-3-8-2-1-5-17(7-8)11(20)12-6-9-13-15-16-14-9/h8H,1-7H2,(H,12,20)(H,18,19)(H,13,14,15,16). The smallest absolute Gasteiger partial charge is 0.317 e. The highest BCUT2D eigenvalue weighted by Gasteiger charge is 2.24. The van der Waals surface area contributed by atoms with Crippen LogP contribution in [0.25, 0.3) is 0 Å². The summed E-state index contributed by atoms with van der Waals surface area (Å²) in [6, 6.07) is -0.171. The summed E-state index contributed by atoms with van der Waals surface area (Å²) in [6.07, 6.45) is 2.65. The van der Waals surface area contributed by atoms with Crippen LogP contribution in [0, 0.1) is 5.92 Å². The Balaban J connectivity index is 1.76. The summed E-state index contributed by atoms with van der Waals surface area (Å²) in [6.45, 7) is 1.53. The fourth-order valence-corrected chi connectivity index (χ4v) is 2.34. The van der Waals surface area contributed by atoms with E-state index in [4.69, 9.17) is 5.11 Å². The molecule has 2 rings (SSSR count). The molecule has 0 saturated carbocycles. The summed E-state index contributed by atoms with van der Waals surface area (Å²) in [5.74, 6) is -0.0998. The average molecular weight is 282 g/mol. The minimum Gasteiger partial charge on any atom is -0.481 e. The molecule has 1 aromatic heterocycles. The molecule has 0 aliphatic carbocycles. The Morgan fingerprint density at radius 2 is 2.35 bits per heavy atom. The summed E-state index contributed by atoms with van der Waals surface area (Å²) in [5, 5.41) is 24.6. The number of amides is 2. The number of piperidine rings is 1. The van der Waals surface area contributed by atoms with Gasteiger partial charge in [0.2, 0.25) is 0 Å². The van der Waals surface area contributed by atoms with Crippen molar-refractivity contribution in [1.29, 1.82) is 0 Å². The number of hydrogen-bond acceptors (Lipinski definition) is 5. The van der Waals surface area contributed by atoms with Gasteiger partial charge >= 0.3 is 12.0 Å². The van der Waals surface area contributed by atoms with Crippen molar-refractivity contribution in [3.05, 3.63) is 5.82 Å². The lowest BCUT2D eigenvalue weighted by atomic mass is 9.93. The van der Waals surface area contributed by atoms with Gasteiger partial charge in [0.15, 0.2) is 5.82 Å². The van der Waals surface area contributed by atoms with Crippen LogP contribution in [-0.2, 0) is 11.3 Å². The lowest BCUT2D eigenvalue weighted by Gasteiger charge is -2.32.